The normalized spacial score (nSPS) is 7.17. The average Bonchev–Trinajstić information content (AvgIpc) is 2.10. The third kappa shape index (κ3) is 4.62. The predicted octanol–water partition coefficient (Wildman–Crippen LogP) is 0.835. The van der Waals surface area contributed by atoms with Crippen LogP contribution in [0.4, 0.5) is 5.69 Å². The molecule has 0 radical (unpaired) electrons. The van der Waals surface area contributed by atoms with Gasteiger partial charge in [0.15, 0.2) is 0 Å². The van der Waals surface area contributed by atoms with E-state index in [0.29, 0.717) is 0 Å². The van der Waals surface area contributed by atoms with Crippen molar-refractivity contribution in [1.29, 1.82) is 0 Å². The number of rotatable bonds is 1. The van der Waals surface area contributed by atoms with Crippen molar-refractivity contribution in [2.45, 2.75) is 0 Å². The smallest absolute Gasteiger partial charge is 0.269 e. The Labute approximate surface area is 75.9 Å². The van der Waals surface area contributed by atoms with Gasteiger partial charge < -0.3 is 0 Å². The lowest BCUT2D eigenvalue weighted by molar-refractivity contribution is -0.384. The maximum Gasteiger partial charge on any atom is 0.269 e. The summed E-state index contributed by atoms with van der Waals surface area (Å²) in [7, 11) is 0. The number of nitro groups is 1. The van der Waals surface area contributed by atoms with Crippen molar-refractivity contribution in [2.75, 3.05) is 0 Å². The Morgan fingerprint density at radius 2 is 1.58 bits per heavy atom. The fourth-order valence-corrected chi connectivity index (χ4v) is 0.550. The van der Waals surface area contributed by atoms with Gasteiger partial charge in [-0.1, -0.05) is 18.2 Å². The second kappa shape index (κ2) is 7.93. The van der Waals surface area contributed by atoms with Gasteiger partial charge in [0.2, 0.25) is 0 Å². The van der Waals surface area contributed by atoms with Crippen LogP contribution < -0.4 is 11.7 Å². The van der Waals surface area contributed by atoms with E-state index in [4.69, 9.17) is 0 Å². The lowest BCUT2D eigenvalue weighted by Crippen LogP contribution is -2.02. The molecule has 4 N–H and O–H groups in total. The zero-order valence-corrected chi connectivity index (χ0v) is 7.03. The van der Waals surface area contributed by atoms with E-state index in [1.165, 1.54) is 12.1 Å². The summed E-state index contributed by atoms with van der Waals surface area (Å²) in [5, 5.41) is 10.0. The monoisotopic (exact) mass is 191 g/mol. The molecule has 0 atom stereocenters. The van der Waals surface area contributed by atoms with Crippen LogP contribution >= 0.6 is 12.4 Å². The number of nitro benzene ring substituents is 1. The van der Waals surface area contributed by atoms with E-state index in [1.54, 1.807) is 18.2 Å². The average molecular weight is 192 g/mol. The maximum absolute atomic E-state index is 10.0. The molecule has 0 unspecified atom stereocenters. The molecule has 1 aromatic carbocycles. The van der Waals surface area contributed by atoms with Crippen molar-refractivity contribution in [3.8, 4) is 0 Å². The maximum atomic E-state index is 10.0. The summed E-state index contributed by atoms with van der Waals surface area (Å²) in [5.41, 5.74) is 0.137. The lowest BCUT2D eigenvalue weighted by atomic mass is 10.3. The van der Waals surface area contributed by atoms with Crippen molar-refractivity contribution >= 4 is 18.1 Å². The molecular weight excluding hydrogens is 182 g/mol. The predicted molar refractivity (Wildman–Crippen MR) is 48.7 cm³/mol. The van der Waals surface area contributed by atoms with Crippen LogP contribution in [0.2, 0.25) is 0 Å². The molecule has 0 bridgehead atoms. The first kappa shape index (κ1) is 13.4. The number of hydrogen-bond acceptors (Lipinski definition) is 4. The number of para-hydroxylation sites is 1. The molecule has 6 heteroatoms. The summed E-state index contributed by atoms with van der Waals surface area (Å²) in [6.07, 6.45) is 0. The first-order valence-electron chi connectivity index (χ1n) is 2.83. The van der Waals surface area contributed by atoms with Crippen LogP contribution in [0, 0.1) is 10.1 Å². The lowest BCUT2D eigenvalue weighted by Gasteiger charge is -1.85. The van der Waals surface area contributed by atoms with Crippen molar-refractivity contribution in [2.24, 2.45) is 11.7 Å². The Balaban J connectivity index is 0. The van der Waals surface area contributed by atoms with Gasteiger partial charge >= 0.3 is 0 Å². The van der Waals surface area contributed by atoms with E-state index in [-0.39, 0.29) is 18.1 Å². The van der Waals surface area contributed by atoms with Crippen LogP contribution in [0.25, 0.3) is 0 Å². The van der Waals surface area contributed by atoms with Gasteiger partial charge in [-0.2, -0.15) is 0 Å². The minimum Gasteiger partial charge on any atom is -0.274 e. The summed E-state index contributed by atoms with van der Waals surface area (Å²) in [6.45, 7) is 0. The van der Waals surface area contributed by atoms with E-state index in [1.807, 2.05) is 0 Å². The van der Waals surface area contributed by atoms with Crippen LogP contribution in [-0.2, 0) is 0 Å². The fraction of sp³-hybridized carbons (Fsp3) is 0. The van der Waals surface area contributed by atoms with Crippen LogP contribution in [-0.4, -0.2) is 4.92 Å². The summed E-state index contributed by atoms with van der Waals surface area (Å²) in [4.78, 5) is 9.59. The molecule has 0 aliphatic rings. The van der Waals surface area contributed by atoms with Crippen molar-refractivity contribution in [3.05, 3.63) is 40.4 Å². The highest BCUT2D eigenvalue weighted by atomic mass is 35.5. The largest absolute Gasteiger partial charge is 0.274 e. The molecular formula is C6H10ClN3O2. The Kier molecular flexibility index (Phi) is 8.87. The van der Waals surface area contributed by atoms with Crippen molar-refractivity contribution < 1.29 is 4.92 Å². The second-order valence-electron chi connectivity index (χ2n) is 1.59. The standard InChI is InChI=1S/C6H5NO2.ClH.H4N2/c8-7(9)6-4-2-1-3-5-6;;1-2/h1-5H;1H;1-2H2. The first-order valence-corrected chi connectivity index (χ1v) is 2.83. The van der Waals surface area contributed by atoms with Gasteiger partial charge in [-0.25, -0.2) is 0 Å². The number of hydrazine groups is 1. The van der Waals surface area contributed by atoms with Crippen molar-refractivity contribution in [1.82, 2.24) is 0 Å². The van der Waals surface area contributed by atoms with E-state index in [0.717, 1.165) is 0 Å². The molecule has 12 heavy (non-hydrogen) atoms. The SMILES string of the molecule is Cl.NN.O=[N+]([O-])c1ccccc1. The van der Waals surface area contributed by atoms with Gasteiger partial charge in [-0.3, -0.25) is 21.8 Å². The Morgan fingerprint density at radius 1 is 1.17 bits per heavy atom. The number of nitrogens with two attached hydrogens (primary N) is 2. The summed E-state index contributed by atoms with van der Waals surface area (Å²) < 4.78 is 0. The third-order valence-electron chi connectivity index (χ3n) is 0.967. The second-order valence-corrected chi connectivity index (χ2v) is 1.59. The highest BCUT2D eigenvalue weighted by molar-refractivity contribution is 5.85. The van der Waals surface area contributed by atoms with Gasteiger partial charge in [0.25, 0.3) is 5.69 Å². The highest BCUT2D eigenvalue weighted by Gasteiger charge is 1.98. The van der Waals surface area contributed by atoms with Crippen LogP contribution in [0.3, 0.4) is 0 Å². The Hall–Kier alpha value is -1.17. The number of benzene rings is 1. The van der Waals surface area contributed by atoms with Gasteiger partial charge in [-0.15, -0.1) is 12.4 Å². The van der Waals surface area contributed by atoms with E-state index in [2.05, 4.69) is 11.7 Å². The van der Waals surface area contributed by atoms with Gasteiger partial charge in [0.05, 0.1) is 4.92 Å². The van der Waals surface area contributed by atoms with Crippen LogP contribution in [0.5, 0.6) is 0 Å². The molecule has 0 heterocycles. The molecule has 68 valence electrons. The summed E-state index contributed by atoms with van der Waals surface area (Å²) in [5.74, 6) is 8.00. The fourth-order valence-electron chi connectivity index (χ4n) is 0.550. The van der Waals surface area contributed by atoms with Gasteiger partial charge in [0, 0.05) is 12.1 Å². The van der Waals surface area contributed by atoms with Gasteiger partial charge in [0.1, 0.15) is 0 Å². The zero-order valence-electron chi connectivity index (χ0n) is 6.21. The molecule has 0 saturated carbocycles. The number of non-ortho nitro benzene ring substituents is 1. The third-order valence-corrected chi connectivity index (χ3v) is 0.967. The van der Waals surface area contributed by atoms with Crippen molar-refractivity contribution in [3.63, 3.8) is 0 Å². The number of nitrogens with zero attached hydrogens (tertiary/aromatic N) is 1. The van der Waals surface area contributed by atoms with E-state index in [9.17, 15) is 10.1 Å². The Bertz CT molecular complexity index is 217. The first-order chi connectivity index (χ1) is 5.30. The topological polar surface area (TPSA) is 95.2 Å². The van der Waals surface area contributed by atoms with Crippen LogP contribution in [0.15, 0.2) is 30.3 Å². The minimum atomic E-state index is -0.417. The van der Waals surface area contributed by atoms with E-state index < -0.39 is 4.92 Å². The molecule has 0 spiro atoms. The Morgan fingerprint density at radius 3 is 1.83 bits per heavy atom. The minimum absolute atomic E-state index is 0. The zero-order chi connectivity index (χ0) is 8.69. The molecule has 0 amide bonds. The molecule has 1 rings (SSSR count). The number of halogens is 1. The molecule has 0 aliphatic heterocycles. The highest BCUT2D eigenvalue weighted by Crippen LogP contribution is 2.06. The molecule has 0 aromatic heterocycles. The van der Waals surface area contributed by atoms with Crippen LogP contribution in [0.1, 0.15) is 0 Å². The van der Waals surface area contributed by atoms with E-state index >= 15 is 0 Å². The molecule has 0 saturated heterocycles. The summed E-state index contributed by atoms with van der Waals surface area (Å²) in [6, 6.07) is 7.93. The summed E-state index contributed by atoms with van der Waals surface area (Å²) >= 11 is 0. The molecule has 5 nitrogen and oxygen atoms in total. The molecule has 0 fully saturated rings. The van der Waals surface area contributed by atoms with Gasteiger partial charge in [-0.05, 0) is 0 Å². The number of hydrogen-bond donors (Lipinski definition) is 2. The molecule has 0 aliphatic carbocycles. The quantitative estimate of drug-likeness (QED) is 0.391. The molecule has 1 aromatic rings.